The second-order valence-corrected chi connectivity index (χ2v) is 7.08. The van der Waals surface area contributed by atoms with Crippen molar-refractivity contribution in [3.8, 4) is 0 Å². The van der Waals surface area contributed by atoms with E-state index in [0.29, 0.717) is 10.6 Å². The average Bonchev–Trinajstić information content (AvgIpc) is 2.96. The lowest BCUT2D eigenvalue weighted by Gasteiger charge is -2.19. The van der Waals surface area contributed by atoms with Crippen LogP contribution in [0.25, 0.3) is 0 Å². The number of carbonyl (C=O) groups excluding carboxylic acids is 2. The van der Waals surface area contributed by atoms with Crippen molar-refractivity contribution < 1.29 is 19.5 Å². The number of nitrogens with zero attached hydrogens (tertiary/aromatic N) is 1. The van der Waals surface area contributed by atoms with Gasteiger partial charge in [0.25, 0.3) is 5.91 Å². The first kappa shape index (κ1) is 19.4. The van der Waals surface area contributed by atoms with Crippen molar-refractivity contribution in [2.75, 3.05) is 5.06 Å². The average molecular weight is 388 g/mol. The maximum atomic E-state index is 12.5. The highest BCUT2D eigenvalue weighted by Crippen LogP contribution is 2.28. The third-order valence-electron chi connectivity index (χ3n) is 4.70. The van der Waals surface area contributed by atoms with Crippen molar-refractivity contribution in [2.45, 2.75) is 44.6 Å². The molecule has 6 heteroatoms. The van der Waals surface area contributed by atoms with E-state index in [4.69, 9.17) is 16.3 Å². The van der Waals surface area contributed by atoms with Gasteiger partial charge in [-0.1, -0.05) is 42.6 Å². The van der Waals surface area contributed by atoms with Crippen LogP contribution in [-0.4, -0.2) is 23.2 Å². The van der Waals surface area contributed by atoms with Gasteiger partial charge in [-0.25, -0.2) is 4.79 Å². The molecule has 1 aliphatic rings. The molecule has 1 saturated carbocycles. The van der Waals surface area contributed by atoms with Crippen LogP contribution in [0.3, 0.4) is 0 Å². The first-order valence-corrected chi connectivity index (χ1v) is 9.53. The maximum Gasteiger partial charge on any atom is 0.338 e. The minimum Gasteiger partial charge on any atom is -0.459 e. The van der Waals surface area contributed by atoms with Gasteiger partial charge >= 0.3 is 5.97 Å². The Bertz CT molecular complexity index is 801. The molecule has 1 aliphatic carbocycles. The van der Waals surface area contributed by atoms with Crippen molar-refractivity contribution >= 4 is 29.2 Å². The van der Waals surface area contributed by atoms with E-state index in [1.54, 1.807) is 30.3 Å². The fraction of sp³-hybridized carbons (Fsp3) is 0.333. The highest BCUT2D eigenvalue weighted by molar-refractivity contribution is 6.34. The van der Waals surface area contributed by atoms with Crippen LogP contribution in [0.15, 0.2) is 48.5 Å². The molecule has 2 aromatic rings. The molecule has 0 spiro atoms. The summed E-state index contributed by atoms with van der Waals surface area (Å²) in [6, 6.07) is 12.7. The smallest absolute Gasteiger partial charge is 0.338 e. The van der Waals surface area contributed by atoms with Gasteiger partial charge in [0.15, 0.2) is 0 Å². The van der Waals surface area contributed by atoms with E-state index in [-0.39, 0.29) is 22.4 Å². The van der Waals surface area contributed by atoms with Crippen LogP contribution in [0, 0.1) is 0 Å². The molecule has 3 rings (SSSR count). The fourth-order valence-corrected chi connectivity index (χ4v) is 3.39. The molecule has 1 amide bonds. The zero-order valence-electron chi connectivity index (χ0n) is 14.9. The lowest BCUT2D eigenvalue weighted by atomic mass is 10.1. The van der Waals surface area contributed by atoms with E-state index >= 15 is 0 Å². The second kappa shape index (κ2) is 9.02. The molecule has 142 valence electrons. The van der Waals surface area contributed by atoms with Gasteiger partial charge < -0.3 is 4.74 Å². The minimum atomic E-state index is -0.633. The molecule has 1 N–H and O–H groups in total. The molecule has 1 fully saturated rings. The summed E-state index contributed by atoms with van der Waals surface area (Å²) >= 11 is 6.13. The van der Waals surface area contributed by atoms with E-state index in [2.05, 4.69) is 0 Å². The molecule has 2 aromatic carbocycles. The number of esters is 1. The lowest BCUT2D eigenvalue weighted by molar-refractivity contribution is 0.0267. The minimum absolute atomic E-state index is 0.0424. The first-order valence-electron chi connectivity index (χ1n) is 9.15. The Labute approximate surface area is 163 Å². The zero-order valence-corrected chi connectivity index (χ0v) is 15.7. The molecule has 0 aliphatic heterocycles. The standard InChI is InChI=1S/C21H22ClNO4/c22-18-13-12-16(21(25)27-17-10-6-1-2-7-11-17)14-19(18)23(26)20(24)15-8-4-3-5-9-15/h3-5,8-9,12-14,17,26H,1-2,6-7,10-11H2. The molecule has 0 saturated heterocycles. The second-order valence-electron chi connectivity index (χ2n) is 6.67. The van der Waals surface area contributed by atoms with E-state index in [1.165, 1.54) is 31.0 Å². The zero-order chi connectivity index (χ0) is 19.2. The Hall–Kier alpha value is -2.37. The topological polar surface area (TPSA) is 66.8 Å². The first-order chi connectivity index (χ1) is 13.1. The molecule has 27 heavy (non-hydrogen) atoms. The normalized spacial score (nSPS) is 15.0. The van der Waals surface area contributed by atoms with E-state index in [9.17, 15) is 14.8 Å². The lowest BCUT2D eigenvalue weighted by Crippen LogP contribution is -2.27. The molecule has 0 radical (unpaired) electrons. The van der Waals surface area contributed by atoms with E-state index in [0.717, 1.165) is 25.7 Å². The van der Waals surface area contributed by atoms with Crippen molar-refractivity contribution in [3.05, 3.63) is 64.7 Å². The summed E-state index contributed by atoms with van der Waals surface area (Å²) in [6.45, 7) is 0. The molecular formula is C21H22ClNO4. The monoisotopic (exact) mass is 387 g/mol. The molecule has 0 heterocycles. The van der Waals surface area contributed by atoms with Gasteiger partial charge in [-0.15, -0.1) is 0 Å². The number of anilines is 1. The van der Waals surface area contributed by atoms with Gasteiger partial charge in [0, 0.05) is 5.56 Å². The van der Waals surface area contributed by atoms with Crippen LogP contribution in [0.5, 0.6) is 0 Å². The quantitative estimate of drug-likeness (QED) is 0.336. The maximum absolute atomic E-state index is 12.5. The molecule has 0 aromatic heterocycles. The molecular weight excluding hydrogens is 366 g/mol. The summed E-state index contributed by atoms with van der Waals surface area (Å²) in [5, 5.41) is 11.0. The van der Waals surface area contributed by atoms with Crippen LogP contribution >= 0.6 is 11.6 Å². The molecule has 0 atom stereocenters. The van der Waals surface area contributed by atoms with Crippen LogP contribution < -0.4 is 5.06 Å². The van der Waals surface area contributed by atoms with Crippen molar-refractivity contribution in [2.24, 2.45) is 0 Å². The number of ether oxygens (including phenoxy) is 1. The summed E-state index contributed by atoms with van der Waals surface area (Å²) in [6.07, 6.45) is 6.09. The van der Waals surface area contributed by atoms with Gasteiger partial charge in [-0.3, -0.25) is 10.0 Å². The number of amides is 1. The Morgan fingerprint density at radius 2 is 1.63 bits per heavy atom. The van der Waals surface area contributed by atoms with Crippen molar-refractivity contribution in [1.82, 2.24) is 0 Å². The Morgan fingerprint density at radius 1 is 0.963 bits per heavy atom. The third-order valence-corrected chi connectivity index (χ3v) is 5.02. The van der Waals surface area contributed by atoms with Crippen LogP contribution in [0.2, 0.25) is 5.02 Å². The van der Waals surface area contributed by atoms with Gasteiger partial charge in [-0.05, 0) is 56.0 Å². The summed E-state index contributed by atoms with van der Waals surface area (Å²) in [5.74, 6) is -1.10. The number of hydrogen-bond acceptors (Lipinski definition) is 4. The summed E-state index contributed by atoms with van der Waals surface area (Å²) < 4.78 is 5.61. The highest BCUT2D eigenvalue weighted by atomic mass is 35.5. The Kier molecular flexibility index (Phi) is 6.48. The Morgan fingerprint density at radius 3 is 2.30 bits per heavy atom. The summed E-state index contributed by atoms with van der Waals surface area (Å²) in [4.78, 5) is 24.9. The van der Waals surface area contributed by atoms with Crippen LogP contribution in [-0.2, 0) is 4.74 Å². The summed E-state index contributed by atoms with van der Waals surface area (Å²) in [5.41, 5.74) is 0.599. The van der Waals surface area contributed by atoms with Crippen molar-refractivity contribution in [3.63, 3.8) is 0 Å². The fourth-order valence-electron chi connectivity index (χ4n) is 3.19. The summed E-state index contributed by atoms with van der Waals surface area (Å²) in [7, 11) is 0. The van der Waals surface area contributed by atoms with Gasteiger partial charge in [0.2, 0.25) is 0 Å². The van der Waals surface area contributed by atoms with Gasteiger partial charge in [0.05, 0.1) is 16.3 Å². The van der Waals surface area contributed by atoms with Crippen LogP contribution in [0.4, 0.5) is 5.69 Å². The van der Waals surface area contributed by atoms with E-state index < -0.39 is 11.9 Å². The van der Waals surface area contributed by atoms with Gasteiger partial charge in [-0.2, -0.15) is 5.06 Å². The van der Waals surface area contributed by atoms with Gasteiger partial charge in [0.1, 0.15) is 6.10 Å². The molecule has 0 bridgehead atoms. The number of carbonyl (C=O) groups is 2. The highest BCUT2D eigenvalue weighted by Gasteiger charge is 2.22. The largest absolute Gasteiger partial charge is 0.459 e. The Balaban J connectivity index is 1.77. The van der Waals surface area contributed by atoms with Crippen LogP contribution in [0.1, 0.15) is 59.2 Å². The van der Waals surface area contributed by atoms with E-state index in [1.807, 2.05) is 0 Å². The number of hydrogen-bond donors (Lipinski definition) is 1. The number of hydroxylamine groups is 1. The predicted molar refractivity (Wildman–Crippen MR) is 103 cm³/mol. The number of rotatable bonds is 4. The SMILES string of the molecule is O=C(OC1CCCCCC1)c1ccc(Cl)c(N(O)C(=O)c2ccccc2)c1. The number of benzene rings is 2. The third kappa shape index (κ3) is 4.87. The van der Waals surface area contributed by atoms with Crippen molar-refractivity contribution in [1.29, 1.82) is 0 Å². The predicted octanol–water partition coefficient (Wildman–Crippen LogP) is 5.26. The number of halogens is 1. The molecule has 5 nitrogen and oxygen atoms in total. The molecule has 0 unspecified atom stereocenters.